The van der Waals surface area contributed by atoms with E-state index in [1.54, 1.807) is 37.5 Å². The van der Waals surface area contributed by atoms with Gasteiger partial charge in [0.1, 0.15) is 18.2 Å². The molecule has 1 atom stereocenters. The molecule has 1 aliphatic heterocycles. The normalized spacial score (nSPS) is 15.8. The Balaban J connectivity index is 1.85. The molecule has 0 radical (unpaired) electrons. The van der Waals surface area contributed by atoms with Crippen LogP contribution in [-0.4, -0.2) is 45.5 Å². The summed E-state index contributed by atoms with van der Waals surface area (Å²) in [7, 11) is 0. The quantitative estimate of drug-likeness (QED) is 0.583. The van der Waals surface area contributed by atoms with Gasteiger partial charge in [0, 0.05) is 29.8 Å². The number of primary amides is 1. The van der Waals surface area contributed by atoms with Gasteiger partial charge in [-0.3, -0.25) is 9.59 Å². The maximum Gasteiger partial charge on any atom is 0.252 e. The number of carbonyl (C=O) groups excluding carboxylic acids is 2. The van der Waals surface area contributed by atoms with Gasteiger partial charge in [0.05, 0.1) is 23.4 Å². The van der Waals surface area contributed by atoms with Crippen LogP contribution in [0.2, 0.25) is 0 Å². The van der Waals surface area contributed by atoms with E-state index in [4.69, 9.17) is 15.2 Å². The molecular weight excluding hydrogens is 410 g/mol. The highest BCUT2D eigenvalue weighted by atomic mass is 16.5. The summed E-state index contributed by atoms with van der Waals surface area (Å²) in [5.74, 6) is 0.768. The van der Waals surface area contributed by atoms with E-state index in [0.717, 1.165) is 0 Å². The SMILES string of the molecule is Cc1nccc(-c2cnc(OC[C@@H]3CCC(=O)N3)c3cc(OC(C)C)c(C(N)=O)cc23)n1. The van der Waals surface area contributed by atoms with Gasteiger partial charge >= 0.3 is 0 Å². The van der Waals surface area contributed by atoms with Gasteiger partial charge in [0.2, 0.25) is 11.8 Å². The average Bonchev–Trinajstić information content (AvgIpc) is 3.16. The van der Waals surface area contributed by atoms with Gasteiger partial charge in [-0.2, -0.15) is 0 Å². The van der Waals surface area contributed by atoms with Gasteiger partial charge in [-0.15, -0.1) is 0 Å². The van der Waals surface area contributed by atoms with E-state index in [2.05, 4.69) is 20.3 Å². The zero-order chi connectivity index (χ0) is 22.8. The third kappa shape index (κ3) is 4.46. The molecule has 4 rings (SSSR count). The lowest BCUT2D eigenvalue weighted by Crippen LogP contribution is -2.31. The Hall–Kier alpha value is -3.75. The summed E-state index contributed by atoms with van der Waals surface area (Å²) >= 11 is 0. The number of aryl methyl sites for hydroxylation is 1. The molecule has 166 valence electrons. The van der Waals surface area contributed by atoms with E-state index in [1.165, 1.54) is 0 Å². The largest absolute Gasteiger partial charge is 0.490 e. The van der Waals surface area contributed by atoms with Crippen molar-refractivity contribution in [3.63, 3.8) is 0 Å². The number of nitrogens with two attached hydrogens (primary N) is 1. The zero-order valence-electron chi connectivity index (χ0n) is 18.2. The lowest BCUT2D eigenvalue weighted by atomic mass is 10.0. The van der Waals surface area contributed by atoms with E-state index >= 15 is 0 Å². The molecule has 9 nitrogen and oxygen atoms in total. The molecule has 0 bridgehead atoms. The van der Waals surface area contributed by atoms with Gasteiger partial charge in [0.25, 0.3) is 5.91 Å². The van der Waals surface area contributed by atoms with Crippen molar-refractivity contribution in [2.45, 2.75) is 45.8 Å². The fourth-order valence-corrected chi connectivity index (χ4v) is 3.69. The highest BCUT2D eigenvalue weighted by Crippen LogP contribution is 2.37. The number of hydrogen-bond donors (Lipinski definition) is 2. The first kappa shape index (κ1) is 21.5. The predicted molar refractivity (Wildman–Crippen MR) is 118 cm³/mol. The summed E-state index contributed by atoms with van der Waals surface area (Å²) in [5, 5.41) is 4.24. The Kier molecular flexibility index (Phi) is 5.89. The Morgan fingerprint density at radius 3 is 2.75 bits per heavy atom. The molecule has 0 aliphatic carbocycles. The fourth-order valence-electron chi connectivity index (χ4n) is 3.69. The fraction of sp³-hybridized carbons (Fsp3) is 0.348. The smallest absolute Gasteiger partial charge is 0.252 e. The van der Waals surface area contributed by atoms with Crippen LogP contribution in [0.5, 0.6) is 11.6 Å². The number of carbonyl (C=O) groups is 2. The number of benzene rings is 1. The molecule has 0 saturated carbocycles. The van der Waals surface area contributed by atoms with Gasteiger partial charge in [-0.1, -0.05) is 0 Å². The van der Waals surface area contributed by atoms with Crippen LogP contribution in [0.15, 0.2) is 30.6 Å². The molecule has 1 aliphatic rings. The standard InChI is InChI=1S/C23H25N5O4/c1-12(2)32-20-9-16-15(8-17(20)22(24)30)18(19-6-7-25-13(3)27-19)10-26-23(16)31-11-14-4-5-21(29)28-14/h6-10,12,14H,4-5,11H2,1-3H3,(H2,24,30)(H,28,29)/t14-/m0/s1. The van der Waals surface area contributed by atoms with Crippen LogP contribution in [0.1, 0.15) is 42.9 Å². The molecule has 3 N–H and O–H groups in total. The Bertz CT molecular complexity index is 1190. The Labute approximate surface area is 185 Å². The topological polar surface area (TPSA) is 129 Å². The van der Waals surface area contributed by atoms with Crippen molar-refractivity contribution in [1.82, 2.24) is 20.3 Å². The molecule has 9 heteroatoms. The summed E-state index contributed by atoms with van der Waals surface area (Å²) < 4.78 is 11.9. The number of aromatic nitrogens is 3. The number of pyridine rings is 1. The minimum Gasteiger partial charge on any atom is -0.490 e. The number of hydrogen-bond acceptors (Lipinski definition) is 7. The van der Waals surface area contributed by atoms with Crippen LogP contribution >= 0.6 is 0 Å². The number of ether oxygens (including phenoxy) is 2. The second kappa shape index (κ2) is 8.78. The van der Waals surface area contributed by atoms with Crippen LogP contribution in [0.4, 0.5) is 0 Å². The van der Waals surface area contributed by atoms with Gasteiger partial charge < -0.3 is 20.5 Å². The van der Waals surface area contributed by atoms with Gasteiger partial charge in [0.15, 0.2) is 0 Å². The van der Waals surface area contributed by atoms with Crippen molar-refractivity contribution < 1.29 is 19.1 Å². The number of nitrogens with zero attached hydrogens (tertiary/aromatic N) is 3. The van der Waals surface area contributed by atoms with Crippen LogP contribution in [0.25, 0.3) is 22.0 Å². The van der Waals surface area contributed by atoms with Crippen LogP contribution in [0.3, 0.4) is 0 Å². The first-order valence-corrected chi connectivity index (χ1v) is 10.5. The van der Waals surface area contributed by atoms with Crippen LogP contribution in [0, 0.1) is 6.92 Å². The molecule has 2 aromatic heterocycles. The molecule has 32 heavy (non-hydrogen) atoms. The first-order chi connectivity index (χ1) is 15.3. The summed E-state index contributed by atoms with van der Waals surface area (Å²) in [6.45, 7) is 5.83. The van der Waals surface area contributed by atoms with Crippen molar-refractivity contribution in [2.75, 3.05) is 6.61 Å². The molecule has 3 heterocycles. The summed E-state index contributed by atoms with van der Waals surface area (Å²) in [4.78, 5) is 36.9. The summed E-state index contributed by atoms with van der Waals surface area (Å²) in [5.41, 5.74) is 7.30. The van der Waals surface area contributed by atoms with Crippen LogP contribution < -0.4 is 20.5 Å². The second-order valence-corrected chi connectivity index (χ2v) is 8.01. The molecule has 0 unspecified atom stereocenters. The third-order valence-electron chi connectivity index (χ3n) is 5.14. The summed E-state index contributed by atoms with van der Waals surface area (Å²) in [6, 6.07) is 5.12. The monoisotopic (exact) mass is 435 g/mol. The lowest BCUT2D eigenvalue weighted by molar-refractivity contribution is -0.119. The Morgan fingerprint density at radius 2 is 2.09 bits per heavy atom. The van der Waals surface area contributed by atoms with Crippen molar-refractivity contribution in [2.24, 2.45) is 5.73 Å². The maximum absolute atomic E-state index is 12.2. The lowest BCUT2D eigenvalue weighted by Gasteiger charge is -2.18. The second-order valence-electron chi connectivity index (χ2n) is 8.01. The predicted octanol–water partition coefficient (Wildman–Crippen LogP) is 2.54. The Morgan fingerprint density at radius 1 is 1.28 bits per heavy atom. The highest BCUT2D eigenvalue weighted by molar-refractivity contribution is 6.06. The molecule has 1 fully saturated rings. The number of rotatable bonds is 7. The number of nitrogens with one attached hydrogen (secondary N) is 1. The molecule has 1 saturated heterocycles. The van der Waals surface area contributed by atoms with Gasteiger partial charge in [-0.05, 0) is 50.8 Å². The van der Waals surface area contributed by atoms with Gasteiger partial charge in [-0.25, -0.2) is 15.0 Å². The first-order valence-electron chi connectivity index (χ1n) is 10.5. The van der Waals surface area contributed by atoms with E-state index < -0.39 is 5.91 Å². The molecular formula is C23H25N5O4. The summed E-state index contributed by atoms with van der Waals surface area (Å²) in [6.07, 6.45) is 4.36. The molecule has 3 aromatic rings. The van der Waals surface area contributed by atoms with Crippen molar-refractivity contribution >= 4 is 22.6 Å². The van der Waals surface area contributed by atoms with E-state index in [0.29, 0.717) is 52.3 Å². The number of amides is 2. The van der Waals surface area contributed by atoms with Crippen molar-refractivity contribution in [1.29, 1.82) is 0 Å². The molecule has 1 aromatic carbocycles. The van der Waals surface area contributed by atoms with E-state index in [-0.39, 0.29) is 30.2 Å². The molecule has 2 amide bonds. The van der Waals surface area contributed by atoms with Crippen LogP contribution in [-0.2, 0) is 4.79 Å². The minimum atomic E-state index is -0.597. The van der Waals surface area contributed by atoms with E-state index in [9.17, 15) is 9.59 Å². The highest BCUT2D eigenvalue weighted by Gasteiger charge is 2.23. The maximum atomic E-state index is 12.2. The average molecular weight is 435 g/mol. The zero-order valence-corrected chi connectivity index (χ0v) is 18.2. The minimum absolute atomic E-state index is 0.0182. The van der Waals surface area contributed by atoms with Crippen molar-refractivity contribution in [3.05, 3.63) is 42.0 Å². The third-order valence-corrected chi connectivity index (χ3v) is 5.14. The van der Waals surface area contributed by atoms with E-state index in [1.807, 2.05) is 13.8 Å². The molecule has 0 spiro atoms. The van der Waals surface area contributed by atoms with Crippen molar-refractivity contribution in [3.8, 4) is 22.9 Å². The number of fused-ring (bicyclic) bond motifs is 1.